The molecule has 0 saturated carbocycles. The molecule has 19 heavy (non-hydrogen) atoms. The first kappa shape index (κ1) is 13.4. The highest BCUT2D eigenvalue weighted by Gasteiger charge is 2.11. The monoisotopic (exact) mass is 261 g/mol. The van der Waals surface area contributed by atoms with Gasteiger partial charge >= 0.3 is 5.97 Å². The van der Waals surface area contributed by atoms with Gasteiger partial charge in [-0.15, -0.1) is 0 Å². The number of anilines is 1. The van der Waals surface area contributed by atoms with Gasteiger partial charge in [0.1, 0.15) is 5.84 Å². The zero-order valence-corrected chi connectivity index (χ0v) is 11.1. The standard InChI is InChI=1S/C14H19N3O2/c1-19-14(18)11-7-4-5-8-12(11)16-17-13-9-3-2-6-10-15-13/h4-5,7-8,16H,2-3,6,9-10H2,1H3,(H,15,17). The summed E-state index contributed by atoms with van der Waals surface area (Å²) in [7, 11) is 1.38. The molecule has 1 aliphatic heterocycles. The van der Waals surface area contributed by atoms with Gasteiger partial charge in [-0.05, 0) is 25.0 Å². The van der Waals surface area contributed by atoms with Crippen LogP contribution in [0, 0.1) is 0 Å². The molecule has 5 nitrogen and oxygen atoms in total. The summed E-state index contributed by atoms with van der Waals surface area (Å²) in [5, 5.41) is 0. The Balaban J connectivity index is 2.02. The summed E-state index contributed by atoms with van der Waals surface area (Å²) in [5.74, 6) is 0.588. The van der Waals surface area contributed by atoms with Crippen LogP contribution in [0.1, 0.15) is 36.0 Å². The molecule has 0 unspecified atom stereocenters. The smallest absolute Gasteiger partial charge is 0.340 e. The van der Waals surface area contributed by atoms with E-state index >= 15 is 0 Å². The topological polar surface area (TPSA) is 62.7 Å². The van der Waals surface area contributed by atoms with Gasteiger partial charge in [0, 0.05) is 13.0 Å². The number of para-hydroxylation sites is 1. The van der Waals surface area contributed by atoms with Crippen LogP contribution >= 0.6 is 0 Å². The molecular weight excluding hydrogens is 242 g/mol. The van der Waals surface area contributed by atoms with E-state index in [4.69, 9.17) is 4.74 Å². The number of carbonyl (C=O) groups excluding carboxylic acids is 1. The molecule has 1 aromatic rings. The van der Waals surface area contributed by atoms with Crippen molar-refractivity contribution in [1.29, 1.82) is 0 Å². The molecule has 1 aliphatic rings. The lowest BCUT2D eigenvalue weighted by Gasteiger charge is -2.13. The van der Waals surface area contributed by atoms with Crippen LogP contribution in [0.4, 0.5) is 5.69 Å². The lowest BCUT2D eigenvalue weighted by atomic mass is 10.2. The number of methoxy groups -OCH3 is 1. The van der Waals surface area contributed by atoms with Crippen molar-refractivity contribution in [2.24, 2.45) is 4.99 Å². The van der Waals surface area contributed by atoms with Gasteiger partial charge in [0.15, 0.2) is 0 Å². The Morgan fingerprint density at radius 3 is 2.89 bits per heavy atom. The second-order valence-electron chi connectivity index (χ2n) is 4.43. The molecule has 0 spiro atoms. The molecule has 1 aromatic carbocycles. The Kier molecular flexibility index (Phi) is 4.78. The van der Waals surface area contributed by atoms with Gasteiger partial charge in [0.2, 0.25) is 0 Å². The minimum absolute atomic E-state index is 0.354. The molecule has 2 rings (SSSR count). The number of nitrogens with one attached hydrogen (secondary N) is 2. The quantitative estimate of drug-likeness (QED) is 0.647. The summed E-state index contributed by atoms with van der Waals surface area (Å²) in [4.78, 5) is 16.1. The summed E-state index contributed by atoms with van der Waals surface area (Å²) in [5.41, 5.74) is 7.34. The van der Waals surface area contributed by atoms with Gasteiger partial charge in [-0.1, -0.05) is 18.6 Å². The first-order valence-corrected chi connectivity index (χ1v) is 6.54. The first-order valence-electron chi connectivity index (χ1n) is 6.54. The summed E-state index contributed by atoms with van der Waals surface area (Å²) < 4.78 is 4.75. The molecule has 0 radical (unpaired) electrons. The summed E-state index contributed by atoms with van der Waals surface area (Å²) in [6, 6.07) is 7.23. The number of esters is 1. The van der Waals surface area contributed by atoms with Crippen molar-refractivity contribution in [2.75, 3.05) is 19.1 Å². The first-order chi connectivity index (χ1) is 9.31. The fourth-order valence-corrected chi connectivity index (χ4v) is 2.00. The zero-order valence-electron chi connectivity index (χ0n) is 11.1. The number of nitrogens with zero attached hydrogens (tertiary/aromatic N) is 1. The second-order valence-corrected chi connectivity index (χ2v) is 4.43. The van der Waals surface area contributed by atoms with E-state index in [9.17, 15) is 4.79 Å². The number of hydrogen-bond acceptors (Lipinski definition) is 5. The van der Waals surface area contributed by atoms with Crippen LogP contribution in [0.15, 0.2) is 29.3 Å². The maximum absolute atomic E-state index is 11.6. The van der Waals surface area contributed by atoms with Crippen LogP contribution in [0.5, 0.6) is 0 Å². The van der Waals surface area contributed by atoms with E-state index in [2.05, 4.69) is 15.8 Å². The molecular formula is C14H19N3O2. The minimum Gasteiger partial charge on any atom is -0.465 e. The average Bonchev–Trinajstić information content (AvgIpc) is 2.73. The molecule has 2 N–H and O–H groups in total. The van der Waals surface area contributed by atoms with Crippen molar-refractivity contribution in [2.45, 2.75) is 25.7 Å². The molecule has 0 saturated heterocycles. The van der Waals surface area contributed by atoms with Crippen molar-refractivity contribution in [3.63, 3.8) is 0 Å². The molecule has 0 aromatic heterocycles. The van der Waals surface area contributed by atoms with Gasteiger partial charge < -0.3 is 4.74 Å². The van der Waals surface area contributed by atoms with Crippen molar-refractivity contribution >= 4 is 17.5 Å². The normalized spacial score (nSPS) is 15.1. The molecule has 1 heterocycles. The number of carbonyl (C=O) groups is 1. The molecule has 0 amide bonds. The molecule has 5 heteroatoms. The van der Waals surface area contributed by atoms with Gasteiger partial charge in [-0.25, -0.2) is 4.79 Å². The third kappa shape index (κ3) is 3.71. The van der Waals surface area contributed by atoms with Crippen LogP contribution in [0.25, 0.3) is 0 Å². The predicted octanol–water partition coefficient (Wildman–Crippen LogP) is 2.36. The van der Waals surface area contributed by atoms with Gasteiger partial charge in [-0.2, -0.15) is 0 Å². The Morgan fingerprint density at radius 2 is 2.05 bits per heavy atom. The fraction of sp³-hybridized carbons (Fsp3) is 0.429. The summed E-state index contributed by atoms with van der Waals surface area (Å²) >= 11 is 0. The summed E-state index contributed by atoms with van der Waals surface area (Å²) in [6.07, 6.45) is 4.44. The van der Waals surface area contributed by atoms with Crippen LogP contribution in [0.3, 0.4) is 0 Å². The lowest BCUT2D eigenvalue weighted by molar-refractivity contribution is 0.0602. The number of ether oxygens (including phenoxy) is 1. The van der Waals surface area contributed by atoms with Crippen molar-refractivity contribution < 1.29 is 9.53 Å². The van der Waals surface area contributed by atoms with E-state index in [0.29, 0.717) is 11.3 Å². The Morgan fingerprint density at radius 1 is 1.21 bits per heavy atom. The van der Waals surface area contributed by atoms with Crippen molar-refractivity contribution in [3.05, 3.63) is 29.8 Å². The Labute approximate surface area is 113 Å². The zero-order chi connectivity index (χ0) is 13.5. The van der Waals surface area contributed by atoms with Gasteiger partial charge in [0.25, 0.3) is 0 Å². The van der Waals surface area contributed by atoms with E-state index in [1.54, 1.807) is 12.1 Å². The van der Waals surface area contributed by atoms with E-state index in [1.807, 2.05) is 12.1 Å². The molecule has 0 fully saturated rings. The van der Waals surface area contributed by atoms with Crippen LogP contribution in [-0.2, 0) is 4.74 Å². The number of amidine groups is 1. The number of hydrazine groups is 1. The molecule has 0 atom stereocenters. The number of aliphatic imine (C=N–C) groups is 1. The Bertz CT molecular complexity index is 472. The highest BCUT2D eigenvalue weighted by Crippen LogP contribution is 2.15. The van der Waals surface area contributed by atoms with E-state index < -0.39 is 0 Å². The molecule has 0 bridgehead atoms. The van der Waals surface area contributed by atoms with E-state index in [0.717, 1.165) is 31.6 Å². The van der Waals surface area contributed by atoms with Gasteiger partial charge in [-0.3, -0.25) is 15.8 Å². The lowest BCUT2D eigenvalue weighted by Crippen LogP contribution is -2.30. The third-order valence-corrected chi connectivity index (χ3v) is 3.05. The number of hydrogen-bond donors (Lipinski definition) is 2. The Hall–Kier alpha value is -2.04. The summed E-state index contributed by atoms with van der Waals surface area (Å²) in [6.45, 7) is 0.864. The average molecular weight is 261 g/mol. The maximum Gasteiger partial charge on any atom is 0.340 e. The highest BCUT2D eigenvalue weighted by molar-refractivity contribution is 5.96. The van der Waals surface area contributed by atoms with E-state index in [-0.39, 0.29) is 5.97 Å². The number of benzene rings is 1. The maximum atomic E-state index is 11.6. The van der Waals surface area contributed by atoms with Crippen LogP contribution in [0.2, 0.25) is 0 Å². The van der Waals surface area contributed by atoms with E-state index in [1.165, 1.54) is 13.5 Å². The van der Waals surface area contributed by atoms with Crippen molar-refractivity contribution in [3.8, 4) is 0 Å². The minimum atomic E-state index is -0.354. The third-order valence-electron chi connectivity index (χ3n) is 3.05. The molecule has 0 aliphatic carbocycles. The fourth-order valence-electron chi connectivity index (χ4n) is 2.00. The van der Waals surface area contributed by atoms with Crippen LogP contribution < -0.4 is 10.9 Å². The molecule has 102 valence electrons. The van der Waals surface area contributed by atoms with Gasteiger partial charge in [0.05, 0.1) is 18.4 Å². The highest BCUT2D eigenvalue weighted by atomic mass is 16.5. The largest absolute Gasteiger partial charge is 0.465 e. The second kappa shape index (κ2) is 6.78. The SMILES string of the molecule is COC(=O)c1ccccc1NNC1=NCCCCC1. The predicted molar refractivity (Wildman–Crippen MR) is 75.3 cm³/mol. The number of rotatable bonds is 3. The van der Waals surface area contributed by atoms with Crippen LogP contribution in [-0.4, -0.2) is 25.5 Å². The van der Waals surface area contributed by atoms with Crippen molar-refractivity contribution in [1.82, 2.24) is 5.43 Å².